The van der Waals surface area contributed by atoms with Crippen molar-refractivity contribution in [1.29, 1.82) is 5.26 Å². The molecule has 12 heavy (non-hydrogen) atoms. The van der Waals surface area contributed by atoms with Gasteiger partial charge >= 0.3 is 0 Å². The number of nitriles is 1. The maximum absolute atomic E-state index is 12.9. The Morgan fingerprint density at radius 1 is 1.33 bits per heavy atom. The maximum atomic E-state index is 12.9. The molecular formula is C10H10FN. The van der Waals surface area contributed by atoms with E-state index in [0.717, 1.165) is 5.56 Å². The molecule has 1 aromatic rings. The highest BCUT2D eigenvalue weighted by Crippen LogP contribution is 2.20. The molecule has 1 rings (SSSR count). The molecule has 0 spiro atoms. The van der Waals surface area contributed by atoms with Gasteiger partial charge < -0.3 is 0 Å². The van der Waals surface area contributed by atoms with Gasteiger partial charge in [-0.1, -0.05) is 37.3 Å². The SMILES string of the molecule is C[C@H](c1ccccc1)[C@@H](F)C#N. The fourth-order valence-electron chi connectivity index (χ4n) is 1.04. The molecule has 0 saturated carbocycles. The smallest absolute Gasteiger partial charge is 0.192 e. The van der Waals surface area contributed by atoms with Crippen LogP contribution in [-0.4, -0.2) is 6.17 Å². The van der Waals surface area contributed by atoms with Gasteiger partial charge in [-0.2, -0.15) is 5.26 Å². The Hall–Kier alpha value is -1.36. The van der Waals surface area contributed by atoms with Crippen LogP contribution >= 0.6 is 0 Å². The highest BCUT2D eigenvalue weighted by atomic mass is 19.1. The van der Waals surface area contributed by atoms with E-state index >= 15 is 0 Å². The first-order chi connectivity index (χ1) is 5.75. The van der Waals surface area contributed by atoms with Crippen molar-refractivity contribution >= 4 is 0 Å². The first-order valence-electron chi connectivity index (χ1n) is 3.84. The lowest BCUT2D eigenvalue weighted by Gasteiger charge is -2.09. The average Bonchev–Trinajstić information content (AvgIpc) is 2.17. The second kappa shape index (κ2) is 3.87. The molecule has 0 aromatic heterocycles. The topological polar surface area (TPSA) is 23.8 Å². The standard InChI is InChI=1S/C10H10FN/c1-8(10(11)7-12)9-5-3-2-4-6-9/h2-6,8,10H,1H3/t8-,10+/m1/s1. The number of hydrogen-bond acceptors (Lipinski definition) is 1. The molecule has 0 aliphatic heterocycles. The van der Waals surface area contributed by atoms with Crippen molar-refractivity contribution in [2.24, 2.45) is 0 Å². The molecule has 0 aliphatic carbocycles. The third kappa shape index (κ3) is 1.82. The number of rotatable bonds is 2. The fraction of sp³-hybridized carbons (Fsp3) is 0.300. The van der Waals surface area contributed by atoms with Crippen LogP contribution in [0, 0.1) is 11.3 Å². The summed E-state index contributed by atoms with van der Waals surface area (Å²) in [6.07, 6.45) is -1.41. The Morgan fingerprint density at radius 2 is 1.92 bits per heavy atom. The largest absolute Gasteiger partial charge is 0.230 e. The first kappa shape index (κ1) is 8.73. The van der Waals surface area contributed by atoms with Crippen LogP contribution in [0.5, 0.6) is 0 Å². The third-order valence-corrected chi connectivity index (χ3v) is 1.89. The predicted molar refractivity (Wildman–Crippen MR) is 45.4 cm³/mol. The molecule has 1 nitrogen and oxygen atoms in total. The van der Waals surface area contributed by atoms with E-state index in [1.165, 1.54) is 0 Å². The molecule has 0 radical (unpaired) electrons. The van der Waals surface area contributed by atoms with Gasteiger partial charge in [0, 0.05) is 5.92 Å². The van der Waals surface area contributed by atoms with Crippen molar-refractivity contribution in [2.45, 2.75) is 19.0 Å². The van der Waals surface area contributed by atoms with Gasteiger partial charge in [-0.05, 0) is 5.56 Å². The predicted octanol–water partition coefficient (Wildman–Crippen LogP) is 2.65. The van der Waals surface area contributed by atoms with Crippen molar-refractivity contribution < 1.29 is 4.39 Å². The minimum atomic E-state index is -1.41. The van der Waals surface area contributed by atoms with Crippen molar-refractivity contribution in [2.75, 3.05) is 0 Å². The molecule has 1 aromatic carbocycles. The Balaban J connectivity index is 2.80. The van der Waals surface area contributed by atoms with E-state index in [1.807, 2.05) is 30.3 Å². The lowest BCUT2D eigenvalue weighted by Crippen LogP contribution is -2.07. The highest BCUT2D eigenvalue weighted by molar-refractivity contribution is 5.21. The Kier molecular flexibility index (Phi) is 2.82. The highest BCUT2D eigenvalue weighted by Gasteiger charge is 2.16. The zero-order valence-corrected chi connectivity index (χ0v) is 6.87. The number of hydrogen-bond donors (Lipinski definition) is 0. The van der Waals surface area contributed by atoms with Crippen LogP contribution in [0.2, 0.25) is 0 Å². The molecule has 62 valence electrons. The number of alkyl halides is 1. The first-order valence-corrected chi connectivity index (χ1v) is 3.84. The maximum Gasteiger partial charge on any atom is 0.192 e. The zero-order chi connectivity index (χ0) is 8.97. The normalized spacial score (nSPS) is 14.8. The van der Waals surface area contributed by atoms with Crippen LogP contribution in [-0.2, 0) is 0 Å². The van der Waals surface area contributed by atoms with E-state index in [9.17, 15) is 4.39 Å². The summed E-state index contributed by atoms with van der Waals surface area (Å²) in [6.45, 7) is 1.71. The number of benzene rings is 1. The van der Waals surface area contributed by atoms with Crippen LogP contribution in [0.1, 0.15) is 18.4 Å². The molecule has 0 N–H and O–H groups in total. The van der Waals surface area contributed by atoms with Crippen LogP contribution in [0.3, 0.4) is 0 Å². The summed E-state index contributed by atoms with van der Waals surface area (Å²) in [5.74, 6) is -0.337. The molecule has 0 heterocycles. The van der Waals surface area contributed by atoms with E-state index in [-0.39, 0.29) is 5.92 Å². The zero-order valence-electron chi connectivity index (χ0n) is 6.87. The number of nitrogens with zero attached hydrogens (tertiary/aromatic N) is 1. The lowest BCUT2D eigenvalue weighted by molar-refractivity contribution is 0.362. The van der Waals surface area contributed by atoms with Crippen LogP contribution in [0.4, 0.5) is 4.39 Å². The van der Waals surface area contributed by atoms with Crippen molar-refractivity contribution in [3.63, 3.8) is 0 Å². The Morgan fingerprint density at radius 3 is 2.42 bits per heavy atom. The van der Waals surface area contributed by atoms with E-state index in [0.29, 0.717) is 0 Å². The molecule has 0 fully saturated rings. The van der Waals surface area contributed by atoms with Crippen LogP contribution < -0.4 is 0 Å². The molecule has 2 atom stereocenters. The van der Waals surface area contributed by atoms with Crippen LogP contribution in [0.15, 0.2) is 30.3 Å². The van der Waals surface area contributed by atoms with Crippen LogP contribution in [0.25, 0.3) is 0 Å². The minimum Gasteiger partial charge on any atom is -0.230 e. The Bertz CT molecular complexity index is 276. The van der Waals surface area contributed by atoms with Gasteiger partial charge in [-0.25, -0.2) is 4.39 Å². The average molecular weight is 163 g/mol. The van der Waals surface area contributed by atoms with Gasteiger partial charge in [0.05, 0.1) is 0 Å². The minimum absolute atomic E-state index is 0.337. The molecule has 0 bridgehead atoms. The second-order valence-electron chi connectivity index (χ2n) is 2.73. The van der Waals surface area contributed by atoms with Gasteiger partial charge in [-0.3, -0.25) is 0 Å². The summed E-state index contributed by atoms with van der Waals surface area (Å²) in [7, 11) is 0. The number of halogens is 1. The summed E-state index contributed by atoms with van der Waals surface area (Å²) < 4.78 is 12.9. The lowest BCUT2D eigenvalue weighted by atomic mass is 9.97. The molecular weight excluding hydrogens is 153 g/mol. The van der Waals surface area contributed by atoms with E-state index in [1.54, 1.807) is 13.0 Å². The second-order valence-corrected chi connectivity index (χ2v) is 2.73. The third-order valence-electron chi connectivity index (χ3n) is 1.89. The molecule has 0 saturated heterocycles. The Labute approximate surface area is 71.4 Å². The van der Waals surface area contributed by atoms with Gasteiger partial charge in [0.1, 0.15) is 6.07 Å². The fourth-order valence-corrected chi connectivity index (χ4v) is 1.04. The summed E-state index contributed by atoms with van der Waals surface area (Å²) >= 11 is 0. The summed E-state index contributed by atoms with van der Waals surface area (Å²) in [5.41, 5.74) is 0.867. The quantitative estimate of drug-likeness (QED) is 0.657. The summed E-state index contributed by atoms with van der Waals surface area (Å²) in [4.78, 5) is 0. The van der Waals surface area contributed by atoms with Crippen molar-refractivity contribution in [1.82, 2.24) is 0 Å². The van der Waals surface area contributed by atoms with Crippen molar-refractivity contribution in [3.8, 4) is 6.07 Å². The van der Waals surface area contributed by atoms with Gasteiger partial charge in [-0.15, -0.1) is 0 Å². The summed E-state index contributed by atoms with van der Waals surface area (Å²) in [6, 6.07) is 10.8. The van der Waals surface area contributed by atoms with E-state index in [4.69, 9.17) is 5.26 Å². The van der Waals surface area contributed by atoms with Gasteiger partial charge in [0.15, 0.2) is 6.17 Å². The van der Waals surface area contributed by atoms with Gasteiger partial charge in [0.25, 0.3) is 0 Å². The van der Waals surface area contributed by atoms with Crippen molar-refractivity contribution in [3.05, 3.63) is 35.9 Å². The summed E-state index contributed by atoms with van der Waals surface area (Å²) in [5, 5.41) is 8.34. The van der Waals surface area contributed by atoms with E-state index < -0.39 is 6.17 Å². The molecule has 0 aliphatic rings. The molecule has 0 unspecified atom stereocenters. The monoisotopic (exact) mass is 163 g/mol. The van der Waals surface area contributed by atoms with E-state index in [2.05, 4.69) is 0 Å². The molecule has 0 amide bonds. The molecule has 2 heteroatoms. The van der Waals surface area contributed by atoms with Gasteiger partial charge in [0.2, 0.25) is 0 Å².